The summed E-state index contributed by atoms with van der Waals surface area (Å²) in [4.78, 5) is 12.9. The van der Waals surface area contributed by atoms with Gasteiger partial charge in [0, 0.05) is 20.1 Å². The van der Waals surface area contributed by atoms with Crippen LogP contribution >= 0.6 is 11.8 Å². The molecule has 1 unspecified atom stereocenters. The van der Waals surface area contributed by atoms with Gasteiger partial charge in [0.25, 0.3) is 0 Å². The van der Waals surface area contributed by atoms with Gasteiger partial charge in [-0.3, -0.25) is 10.1 Å². The molecule has 1 aromatic rings. The summed E-state index contributed by atoms with van der Waals surface area (Å²) in [5.41, 5.74) is 1.35. The number of benzene rings is 1. The molecule has 5 nitrogen and oxygen atoms in total. The first-order chi connectivity index (χ1) is 9.02. The molecular formula is C13H21N3O2S. The standard InChI is InChI=1S/C13H21N3O2S/c1-10(8-9-19-4)15(3)12-7-5-6-11(14-2)13(12)16(17)18/h5-7,10,14H,8-9H2,1-4H3. The third kappa shape index (κ3) is 3.76. The van der Waals surface area contributed by atoms with Crippen molar-refractivity contribution in [3.63, 3.8) is 0 Å². The fourth-order valence-corrected chi connectivity index (χ4v) is 2.51. The van der Waals surface area contributed by atoms with E-state index in [-0.39, 0.29) is 16.7 Å². The maximum Gasteiger partial charge on any atom is 0.315 e. The first-order valence-corrected chi connectivity index (χ1v) is 7.59. The molecule has 1 aromatic carbocycles. The molecule has 106 valence electrons. The highest BCUT2D eigenvalue weighted by Crippen LogP contribution is 2.35. The molecule has 0 fully saturated rings. The average Bonchev–Trinajstić information content (AvgIpc) is 2.42. The van der Waals surface area contributed by atoms with Crippen molar-refractivity contribution in [2.45, 2.75) is 19.4 Å². The molecule has 6 heteroatoms. The summed E-state index contributed by atoms with van der Waals surface area (Å²) < 4.78 is 0. The normalized spacial score (nSPS) is 12.0. The van der Waals surface area contributed by atoms with Crippen molar-refractivity contribution >= 4 is 28.8 Å². The molecule has 0 aromatic heterocycles. The number of nitrogens with zero attached hydrogens (tertiary/aromatic N) is 2. The van der Waals surface area contributed by atoms with Gasteiger partial charge in [-0.2, -0.15) is 11.8 Å². The third-order valence-electron chi connectivity index (χ3n) is 3.25. The number of hydrogen-bond acceptors (Lipinski definition) is 5. The minimum atomic E-state index is -0.320. The van der Waals surface area contributed by atoms with E-state index in [0.29, 0.717) is 11.4 Å². The molecule has 0 saturated carbocycles. The molecule has 0 aliphatic heterocycles. The first kappa shape index (κ1) is 15.6. The van der Waals surface area contributed by atoms with Crippen LogP contribution in [0.3, 0.4) is 0 Å². The lowest BCUT2D eigenvalue weighted by Crippen LogP contribution is -2.30. The lowest BCUT2D eigenvalue weighted by atomic mass is 10.1. The van der Waals surface area contributed by atoms with E-state index >= 15 is 0 Å². The summed E-state index contributed by atoms with van der Waals surface area (Å²) in [5, 5.41) is 14.2. The Morgan fingerprint density at radius 2 is 2.21 bits per heavy atom. The highest BCUT2D eigenvalue weighted by Gasteiger charge is 2.23. The summed E-state index contributed by atoms with van der Waals surface area (Å²) in [6.45, 7) is 2.09. The molecule has 0 aliphatic carbocycles. The topological polar surface area (TPSA) is 58.4 Å². The number of nitro benzene ring substituents is 1. The fraction of sp³-hybridized carbons (Fsp3) is 0.538. The van der Waals surface area contributed by atoms with Crippen LogP contribution in [0.2, 0.25) is 0 Å². The lowest BCUT2D eigenvalue weighted by molar-refractivity contribution is -0.383. The van der Waals surface area contributed by atoms with Crippen molar-refractivity contribution in [3.05, 3.63) is 28.3 Å². The zero-order valence-corrected chi connectivity index (χ0v) is 12.7. The minimum absolute atomic E-state index is 0.142. The number of anilines is 2. The first-order valence-electron chi connectivity index (χ1n) is 6.19. The van der Waals surface area contributed by atoms with E-state index in [2.05, 4.69) is 18.5 Å². The molecule has 0 spiro atoms. The molecule has 0 radical (unpaired) electrons. The maximum absolute atomic E-state index is 11.3. The maximum atomic E-state index is 11.3. The summed E-state index contributed by atoms with van der Waals surface area (Å²) >= 11 is 1.79. The van der Waals surface area contributed by atoms with Crippen LogP contribution in [0, 0.1) is 10.1 Å². The van der Waals surface area contributed by atoms with E-state index in [4.69, 9.17) is 0 Å². The van der Waals surface area contributed by atoms with E-state index in [1.54, 1.807) is 30.9 Å². The molecule has 1 N–H and O–H groups in total. The van der Waals surface area contributed by atoms with E-state index in [1.165, 1.54) is 0 Å². The number of thioether (sulfide) groups is 1. The highest BCUT2D eigenvalue weighted by atomic mass is 32.2. The van der Waals surface area contributed by atoms with Crippen LogP contribution in [0.5, 0.6) is 0 Å². The van der Waals surface area contributed by atoms with Crippen LogP contribution in [0.1, 0.15) is 13.3 Å². The summed E-state index contributed by atoms with van der Waals surface area (Å²) in [7, 11) is 3.61. The summed E-state index contributed by atoms with van der Waals surface area (Å²) in [6.07, 6.45) is 3.06. The predicted molar refractivity (Wildman–Crippen MR) is 83.5 cm³/mol. The smallest absolute Gasteiger partial charge is 0.315 e. The molecule has 1 atom stereocenters. The minimum Gasteiger partial charge on any atom is -0.382 e. The monoisotopic (exact) mass is 283 g/mol. The van der Waals surface area contributed by atoms with Gasteiger partial charge in [0.15, 0.2) is 0 Å². The molecular weight excluding hydrogens is 262 g/mol. The molecule has 0 bridgehead atoms. The fourth-order valence-electron chi connectivity index (χ4n) is 1.93. The molecule has 0 amide bonds. The number of para-hydroxylation sites is 1. The zero-order chi connectivity index (χ0) is 14.4. The largest absolute Gasteiger partial charge is 0.382 e. The van der Waals surface area contributed by atoms with Crippen molar-refractivity contribution in [1.82, 2.24) is 0 Å². The second kappa shape index (κ2) is 7.23. The quantitative estimate of drug-likeness (QED) is 0.615. The van der Waals surface area contributed by atoms with Gasteiger partial charge in [-0.15, -0.1) is 0 Å². The van der Waals surface area contributed by atoms with E-state index in [9.17, 15) is 10.1 Å². The molecule has 0 saturated heterocycles. The second-order valence-corrected chi connectivity index (χ2v) is 5.41. The van der Waals surface area contributed by atoms with Gasteiger partial charge in [-0.05, 0) is 37.5 Å². The van der Waals surface area contributed by atoms with Crippen molar-refractivity contribution < 1.29 is 4.92 Å². The molecule has 19 heavy (non-hydrogen) atoms. The van der Waals surface area contributed by atoms with Gasteiger partial charge in [-0.1, -0.05) is 6.07 Å². The number of hydrogen-bond donors (Lipinski definition) is 1. The van der Waals surface area contributed by atoms with Crippen LogP contribution in [-0.4, -0.2) is 37.1 Å². The second-order valence-electron chi connectivity index (χ2n) is 4.42. The molecule has 1 rings (SSSR count). The Morgan fingerprint density at radius 3 is 2.74 bits per heavy atom. The SMILES string of the molecule is CNc1cccc(N(C)C(C)CCSC)c1[N+](=O)[O-]. The van der Waals surface area contributed by atoms with Gasteiger partial charge >= 0.3 is 5.69 Å². The molecule has 0 aliphatic rings. The Balaban J connectivity index is 3.08. The van der Waals surface area contributed by atoms with Crippen LogP contribution in [0.15, 0.2) is 18.2 Å². The van der Waals surface area contributed by atoms with Crippen LogP contribution in [0.4, 0.5) is 17.1 Å². The van der Waals surface area contributed by atoms with Crippen molar-refractivity contribution in [2.75, 3.05) is 36.3 Å². The van der Waals surface area contributed by atoms with Crippen LogP contribution in [-0.2, 0) is 0 Å². The average molecular weight is 283 g/mol. The predicted octanol–water partition coefficient (Wildman–Crippen LogP) is 3.21. The Labute approximate surface area is 118 Å². The Kier molecular flexibility index (Phi) is 5.95. The van der Waals surface area contributed by atoms with Gasteiger partial charge in [0.05, 0.1) is 4.92 Å². The summed E-state index contributed by atoms with van der Waals surface area (Å²) in [6, 6.07) is 5.63. The van der Waals surface area contributed by atoms with Gasteiger partial charge in [0.1, 0.15) is 11.4 Å². The van der Waals surface area contributed by atoms with Crippen molar-refractivity contribution in [1.29, 1.82) is 0 Å². The number of nitrogens with one attached hydrogen (secondary N) is 1. The van der Waals surface area contributed by atoms with E-state index in [0.717, 1.165) is 12.2 Å². The van der Waals surface area contributed by atoms with Gasteiger partial charge < -0.3 is 10.2 Å². The van der Waals surface area contributed by atoms with Gasteiger partial charge in [0.2, 0.25) is 0 Å². The Bertz CT molecular complexity index is 440. The Morgan fingerprint density at radius 1 is 1.53 bits per heavy atom. The van der Waals surface area contributed by atoms with Crippen LogP contribution in [0.25, 0.3) is 0 Å². The van der Waals surface area contributed by atoms with Crippen molar-refractivity contribution in [2.24, 2.45) is 0 Å². The number of nitro groups is 1. The zero-order valence-electron chi connectivity index (χ0n) is 11.8. The summed E-state index contributed by atoms with van der Waals surface area (Å²) in [5.74, 6) is 1.05. The highest BCUT2D eigenvalue weighted by molar-refractivity contribution is 7.98. The van der Waals surface area contributed by atoms with E-state index < -0.39 is 0 Å². The molecule has 0 heterocycles. The van der Waals surface area contributed by atoms with Crippen molar-refractivity contribution in [3.8, 4) is 0 Å². The van der Waals surface area contributed by atoms with Crippen LogP contribution < -0.4 is 10.2 Å². The lowest BCUT2D eigenvalue weighted by Gasteiger charge is -2.27. The third-order valence-corrected chi connectivity index (χ3v) is 3.89. The Hall–Kier alpha value is -1.43. The van der Waals surface area contributed by atoms with Gasteiger partial charge in [-0.25, -0.2) is 0 Å². The number of rotatable bonds is 7. The van der Waals surface area contributed by atoms with E-state index in [1.807, 2.05) is 18.0 Å².